The largest absolute Gasteiger partial charge is 0.493 e. The molecule has 0 saturated carbocycles. The molecule has 0 unspecified atom stereocenters. The van der Waals surface area contributed by atoms with Gasteiger partial charge in [-0.1, -0.05) is 12.1 Å². The number of carbonyl (C=O) groups is 1. The van der Waals surface area contributed by atoms with Crippen LogP contribution in [0.4, 0.5) is 0 Å². The molecule has 5 nitrogen and oxygen atoms in total. The average molecular weight is 842 g/mol. The zero-order valence-electron chi connectivity index (χ0n) is 17.1. The molecule has 168 valence electrons. The second-order valence-electron chi connectivity index (χ2n) is 6.91. The first-order valence-corrected chi connectivity index (χ1v) is 13.6. The number of hydrogen-bond acceptors (Lipinski definition) is 5. The molecule has 0 bridgehead atoms. The minimum absolute atomic E-state index is 0.227. The molecule has 1 aliphatic rings. The summed E-state index contributed by atoms with van der Waals surface area (Å²) >= 11 is 10.2. The number of rotatable bonds is 6. The molecule has 0 amide bonds. The van der Waals surface area contributed by atoms with Crippen LogP contribution in [0.3, 0.4) is 0 Å². The van der Waals surface area contributed by atoms with Gasteiger partial charge < -0.3 is 14.2 Å². The first-order chi connectivity index (χ1) is 15.8. The van der Waals surface area contributed by atoms with Crippen molar-refractivity contribution in [2.75, 3.05) is 7.11 Å². The summed E-state index contributed by atoms with van der Waals surface area (Å²) in [4.78, 5) is 16.8. The monoisotopic (exact) mass is 841 g/mol. The van der Waals surface area contributed by atoms with Gasteiger partial charge in [0.2, 0.25) is 5.90 Å². The van der Waals surface area contributed by atoms with E-state index in [4.69, 9.17) is 14.2 Å². The lowest BCUT2D eigenvalue weighted by Gasteiger charge is -2.14. The molecular formula is C24H15BrI3NO4. The summed E-state index contributed by atoms with van der Waals surface area (Å²) in [6.07, 6.45) is 1.69. The maximum Gasteiger partial charge on any atom is 0.363 e. The molecule has 0 spiro atoms. The molecule has 0 aliphatic carbocycles. The van der Waals surface area contributed by atoms with Gasteiger partial charge in [0.25, 0.3) is 0 Å². The number of nitrogens with zero attached hydrogens (tertiary/aromatic N) is 1. The summed E-state index contributed by atoms with van der Waals surface area (Å²) in [6.45, 7) is 0.426. The normalized spacial score (nSPS) is 14.3. The summed E-state index contributed by atoms with van der Waals surface area (Å²) in [7, 11) is 1.59. The molecular weight excluding hydrogens is 827 g/mol. The highest BCUT2D eigenvalue weighted by atomic mass is 127. The number of methoxy groups -OCH3 is 1. The van der Waals surface area contributed by atoms with E-state index < -0.39 is 5.97 Å². The van der Waals surface area contributed by atoms with Crippen LogP contribution >= 0.6 is 83.7 Å². The van der Waals surface area contributed by atoms with E-state index in [0.717, 1.165) is 28.3 Å². The fourth-order valence-electron chi connectivity index (χ4n) is 3.02. The van der Waals surface area contributed by atoms with E-state index in [9.17, 15) is 4.79 Å². The van der Waals surface area contributed by atoms with Crippen LogP contribution in [0.2, 0.25) is 0 Å². The summed E-state index contributed by atoms with van der Waals surface area (Å²) in [5, 5.41) is 0. The maximum absolute atomic E-state index is 12.4. The SMILES string of the molecule is COc1cc(/C=C2\N=C(c3ccc(I)c(Br)c3)OC2=O)cc(I)c1OCc1ccc(I)cc1. The Bertz CT molecular complexity index is 1290. The van der Waals surface area contributed by atoms with Gasteiger partial charge in [0.15, 0.2) is 17.2 Å². The van der Waals surface area contributed by atoms with Crippen molar-refractivity contribution in [3.8, 4) is 11.5 Å². The van der Waals surface area contributed by atoms with Gasteiger partial charge in [-0.15, -0.1) is 0 Å². The van der Waals surface area contributed by atoms with Crippen molar-refractivity contribution < 1.29 is 19.0 Å². The minimum Gasteiger partial charge on any atom is -0.493 e. The van der Waals surface area contributed by atoms with Crippen LogP contribution in [-0.4, -0.2) is 19.0 Å². The number of hydrogen-bond donors (Lipinski definition) is 0. The third-order valence-electron chi connectivity index (χ3n) is 4.64. The number of benzene rings is 3. The molecule has 0 saturated heterocycles. The van der Waals surface area contributed by atoms with Gasteiger partial charge >= 0.3 is 5.97 Å². The number of aliphatic imine (C=N–C) groups is 1. The van der Waals surface area contributed by atoms with Gasteiger partial charge in [-0.2, -0.15) is 0 Å². The quantitative estimate of drug-likeness (QED) is 0.150. The van der Waals surface area contributed by atoms with Crippen LogP contribution < -0.4 is 9.47 Å². The summed E-state index contributed by atoms with van der Waals surface area (Å²) in [6, 6.07) is 17.6. The average Bonchev–Trinajstić information content (AvgIpc) is 3.15. The van der Waals surface area contributed by atoms with Crippen molar-refractivity contribution in [1.82, 2.24) is 0 Å². The van der Waals surface area contributed by atoms with E-state index in [2.05, 4.69) is 88.7 Å². The lowest BCUT2D eigenvalue weighted by atomic mass is 10.1. The first-order valence-electron chi connectivity index (χ1n) is 9.57. The van der Waals surface area contributed by atoms with E-state index in [0.29, 0.717) is 18.1 Å². The molecule has 0 radical (unpaired) electrons. The molecule has 1 heterocycles. The molecule has 3 aromatic rings. The second kappa shape index (κ2) is 11.0. The van der Waals surface area contributed by atoms with E-state index >= 15 is 0 Å². The third-order valence-corrected chi connectivity index (χ3v) is 8.50. The van der Waals surface area contributed by atoms with Crippen molar-refractivity contribution in [3.63, 3.8) is 0 Å². The Labute approximate surface area is 240 Å². The Morgan fingerprint density at radius 1 is 1.03 bits per heavy atom. The number of esters is 1. The van der Waals surface area contributed by atoms with Crippen molar-refractivity contribution in [2.45, 2.75) is 6.61 Å². The number of carbonyl (C=O) groups excluding carboxylic acids is 1. The van der Waals surface area contributed by atoms with Crippen LogP contribution in [-0.2, 0) is 16.1 Å². The van der Waals surface area contributed by atoms with Crippen LogP contribution in [0.5, 0.6) is 11.5 Å². The number of halogens is 4. The molecule has 0 N–H and O–H groups in total. The topological polar surface area (TPSA) is 57.1 Å². The van der Waals surface area contributed by atoms with Crippen molar-refractivity contribution in [3.05, 3.63) is 92.2 Å². The molecule has 1 aliphatic heterocycles. The fraction of sp³-hybridized carbons (Fsp3) is 0.0833. The van der Waals surface area contributed by atoms with Crippen LogP contribution in [0.25, 0.3) is 6.08 Å². The third kappa shape index (κ3) is 6.09. The van der Waals surface area contributed by atoms with Crippen LogP contribution in [0, 0.1) is 10.7 Å². The molecule has 3 aromatic carbocycles. The smallest absolute Gasteiger partial charge is 0.363 e. The zero-order chi connectivity index (χ0) is 23.5. The molecule has 9 heteroatoms. The zero-order valence-corrected chi connectivity index (χ0v) is 25.1. The van der Waals surface area contributed by atoms with Gasteiger partial charge in [0.05, 0.1) is 10.7 Å². The van der Waals surface area contributed by atoms with E-state index in [1.807, 2.05) is 54.6 Å². The highest BCUT2D eigenvalue weighted by Gasteiger charge is 2.25. The molecule has 0 fully saturated rings. The Hall–Kier alpha value is -1.19. The summed E-state index contributed by atoms with van der Waals surface area (Å²) in [5.41, 5.74) is 2.78. The summed E-state index contributed by atoms with van der Waals surface area (Å²) < 4.78 is 21.0. The second-order valence-corrected chi connectivity index (χ2v) is 11.3. The van der Waals surface area contributed by atoms with Crippen molar-refractivity contribution in [2.24, 2.45) is 4.99 Å². The lowest BCUT2D eigenvalue weighted by Crippen LogP contribution is -2.05. The first kappa shape index (κ1) is 24.9. The van der Waals surface area contributed by atoms with Crippen LogP contribution in [0.15, 0.2) is 69.8 Å². The predicted octanol–water partition coefficient (Wildman–Crippen LogP) is 7.20. The van der Waals surface area contributed by atoms with Gasteiger partial charge in [0, 0.05) is 17.2 Å². The predicted molar refractivity (Wildman–Crippen MR) is 157 cm³/mol. The van der Waals surface area contributed by atoms with E-state index in [1.165, 1.54) is 3.57 Å². The highest BCUT2D eigenvalue weighted by molar-refractivity contribution is 14.1. The Morgan fingerprint density at radius 2 is 1.79 bits per heavy atom. The van der Waals surface area contributed by atoms with E-state index in [-0.39, 0.29) is 11.6 Å². The van der Waals surface area contributed by atoms with E-state index in [1.54, 1.807) is 13.2 Å². The Morgan fingerprint density at radius 3 is 2.48 bits per heavy atom. The minimum atomic E-state index is -0.493. The molecule has 0 atom stereocenters. The maximum atomic E-state index is 12.4. The standard InChI is InChI=1S/C24H15BrI3NO4/c1-31-21-10-14(8-19(28)22(21)32-12-13-2-5-16(26)6-3-13)9-20-24(30)33-23(29-20)15-4-7-18(27)17(25)11-15/h2-11H,12H2,1H3/b20-9-. The fourth-order valence-corrected chi connectivity index (χ4v) is 4.87. The lowest BCUT2D eigenvalue weighted by molar-refractivity contribution is -0.129. The van der Waals surface area contributed by atoms with Gasteiger partial charge in [-0.25, -0.2) is 9.79 Å². The number of ether oxygens (including phenoxy) is 3. The molecule has 33 heavy (non-hydrogen) atoms. The van der Waals surface area contributed by atoms with Gasteiger partial charge in [-0.05, 0) is 143 Å². The van der Waals surface area contributed by atoms with Crippen molar-refractivity contribution >= 4 is 102 Å². The van der Waals surface area contributed by atoms with Crippen LogP contribution in [0.1, 0.15) is 16.7 Å². The Balaban J connectivity index is 1.59. The number of cyclic esters (lactones) is 1. The Kier molecular flexibility index (Phi) is 8.33. The molecule has 0 aromatic heterocycles. The van der Waals surface area contributed by atoms with Crippen molar-refractivity contribution in [1.29, 1.82) is 0 Å². The molecule has 4 rings (SSSR count). The van der Waals surface area contributed by atoms with Gasteiger partial charge in [-0.3, -0.25) is 0 Å². The van der Waals surface area contributed by atoms with Gasteiger partial charge in [0.1, 0.15) is 6.61 Å². The highest BCUT2D eigenvalue weighted by Crippen LogP contribution is 2.35. The summed E-state index contributed by atoms with van der Waals surface area (Å²) in [5.74, 6) is 1.02.